The number of phenolic OH excluding ortho intramolecular Hbond substituents is 2. The molecule has 0 saturated carbocycles. The first-order valence-electron chi connectivity index (χ1n) is 7.74. The molecule has 7 nitrogen and oxygen atoms in total. The number of ketones is 1. The first kappa shape index (κ1) is 17.1. The number of rotatable bonds is 0. The summed E-state index contributed by atoms with van der Waals surface area (Å²) in [5, 5.41) is 47.6. The number of phenols is 2. The van der Waals surface area contributed by atoms with Gasteiger partial charge in [0, 0.05) is 24.2 Å². The molecule has 5 N–H and O–H groups in total. The standard InChI is InChI=1S/C16H12O6.C2H6O/c17-10-2-1-8-13-9-4-12(19)11(18)3-7(9)5-16(13,21)6-22-15(8)14(10)20;1-2-3/h1-4,18-21H,5-6H2;3H,2H2,1H3. The molecular formula is C18H18O7. The first-order valence-corrected chi connectivity index (χ1v) is 7.74. The van der Waals surface area contributed by atoms with Crippen LogP contribution in [-0.4, -0.2) is 50.1 Å². The van der Waals surface area contributed by atoms with Gasteiger partial charge in [0.05, 0.1) is 0 Å². The molecule has 0 spiro atoms. The average Bonchev–Trinajstić information content (AvgIpc) is 2.84. The average molecular weight is 346 g/mol. The Kier molecular flexibility index (Phi) is 4.06. The second kappa shape index (κ2) is 5.94. The summed E-state index contributed by atoms with van der Waals surface area (Å²) in [4.78, 5) is 11.5. The van der Waals surface area contributed by atoms with Gasteiger partial charge in [0.25, 0.3) is 0 Å². The number of hydrogen-bond acceptors (Lipinski definition) is 7. The molecule has 0 saturated heterocycles. The molecule has 1 aliphatic heterocycles. The molecule has 0 amide bonds. The summed E-state index contributed by atoms with van der Waals surface area (Å²) in [5.74, 6) is -1.58. The highest BCUT2D eigenvalue weighted by Crippen LogP contribution is 2.50. The fourth-order valence-corrected chi connectivity index (χ4v) is 3.26. The summed E-state index contributed by atoms with van der Waals surface area (Å²) < 4.78 is 5.40. The lowest BCUT2D eigenvalue weighted by Crippen LogP contribution is -2.39. The lowest BCUT2D eigenvalue weighted by Gasteiger charge is -2.33. The summed E-state index contributed by atoms with van der Waals surface area (Å²) in [6, 6.07) is 2.77. The maximum Gasteiger partial charge on any atom is 0.224 e. The van der Waals surface area contributed by atoms with E-state index in [4.69, 9.17) is 9.84 Å². The highest BCUT2D eigenvalue weighted by molar-refractivity contribution is 6.06. The second-order valence-electron chi connectivity index (χ2n) is 5.98. The Morgan fingerprint density at radius 2 is 1.80 bits per heavy atom. The minimum atomic E-state index is -1.33. The van der Waals surface area contributed by atoms with Crippen LogP contribution < -0.4 is 0 Å². The van der Waals surface area contributed by atoms with Crippen molar-refractivity contribution >= 4 is 11.4 Å². The molecule has 0 bridgehead atoms. The van der Waals surface area contributed by atoms with Crippen molar-refractivity contribution in [1.29, 1.82) is 0 Å². The fourth-order valence-electron chi connectivity index (χ4n) is 3.26. The van der Waals surface area contributed by atoms with Crippen molar-refractivity contribution < 1.29 is 35.1 Å². The molecule has 3 aliphatic rings. The van der Waals surface area contributed by atoms with Gasteiger partial charge in [-0.2, -0.15) is 0 Å². The van der Waals surface area contributed by atoms with Gasteiger partial charge in [-0.05, 0) is 42.3 Å². The second-order valence-corrected chi connectivity index (χ2v) is 5.98. The van der Waals surface area contributed by atoms with Gasteiger partial charge in [0.1, 0.15) is 12.2 Å². The Morgan fingerprint density at radius 3 is 2.48 bits per heavy atom. The van der Waals surface area contributed by atoms with Gasteiger partial charge in [-0.25, -0.2) is 0 Å². The molecule has 0 fully saturated rings. The van der Waals surface area contributed by atoms with Crippen LogP contribution in [0.1, 0.15) is 18.1 Å². The highest BCUT2D eigenvalue weighted by atomic mass is 16.5. The van der Waals surface area contributed by atoms with Crippen molar-refractivity contribution in [2.75, 3.05) is 13.2 Å². The maximum absolute atomic E-state index is 11.5. The van der Waals surface area contributed by atoms with Gasteiger partial charge in [-0.3, -0.25) is 4.79 Å². The van der Waals surface area contributed by atoms with Crippen molar-refractivity contribution in [3.63, 3.8) is 0 Å². The number of carbonyl (C=O) groups is 1. The van der Waals surface area contributed by atoms with Crippen LogP contribution in [0.4, 0.5) is 0 Å². The Balaban J connectivity index is 0.000000569. The number of aliphatic hydroxyl groups excluding tert-OH is 2. The van der Waals surface area contributed by atoms with Crippen LogP contribution >= 0.6 is 0 Å². The van der Waals surface area contributed by atoms with Crippen LogP contribution in [0.15, 0.2) is 41.4 Å². The molecule has 25 heavy (non-hydrogen) atoms. The fraction of sp³-hybridized carbons (Fsp3) is 0.278. The van der Waals surface area contributed by atoms with Gasteiger partial charge >= 0.3 is 0 Å². The summed E-state index contributed by atoms with van der Waals surface area (Å²) >= 11 is 0. The molecule has 1 atom stereocenters. The Hall–Kier alpha value is -2.77. The summed E-state index contributed by atoms with van der Waals surface area (Å²) in [7, 11) is 0. The Morgan fingerprint density at radius 1 is 1.16 bits per heavy atom. The zero-order valence-electron chi connectivity index (χ0n) is 13.5. The Labute approximate surface area is 143 Å². The van der Waals surface area contributed by atoms with E-state index < -0.39 is 17.1 Å². The van der Waals surface area contributed by atoms with Gasteiger partial charge in [0.2, 0.25) is 11.5 Å². The van der Waals surface area contributed by atoms with Crippen molar-refractivity contribution in [2.24, 2.45) is 0 Å². The number of allylic oxidation sites excluding steroid dienone is 2. The predicted octanol–water partition coefficient (Wildman–Crippen LogP) is 1.08. The van der Waals surface area contributed by atoms with Gasteiger partial charge in [0.15, 0.2) is 17.3 Å². The molecule has 1 aromatic carbocycles. The van der Waals surface area contributed by atoms with E-state index in [0.29, 0.717) is 22.3 Å². The zero-order valence-corrected chi connectivity index (χ0v) is 13.5. The van der Waals surface area contributed by atoms with Crippen LogP contribution in [0.25, 0.3) is 5.57 Å². The molecule has 0 radical (unpaired) electrons. The molecule has 1 heterocycles. The molecule has 132 valence electrons. The third-order valence-corrected chi connectivity index (χ3v) is 4.24. The SMILES string of the molecule is CCO.O=C1C=CC2=C3c4cc(O)c(O)cc4CC3(O)COC2=C1O. The van der Waals surface area contributed by atoms with Crippen molar-refractivity contribution in [2.45, 2.75) is 18.9 Å². The number of fused-ring (bicyclic) bond motifs is 4. The largest absolute Gasteiger partial charge is 0.504 e. The van der Waals surface area contributed by atoms with Gasteiger partial charge in [-0.1, -0.05) is 0 Å². The van der Waals surface area contributed by atoms with Gasteiger partial charge < -0.3 is 30.3 Å². The summed E-state index contributed by atoms with van der Waals surface area (Å²) in [5.41, 5.74) is 0.797. The predicted molar refractivity (Wildman–Crippen MR) is 87.9 cm³/mol. The lowest BCUT2D eigenvalue weighted by molar-refractivity contribution is -0.114. The first-order chi connectivity index (χ1) is 11.8. The molecule has 1 aromatic rings. The smallest absolute Gasteiger partial charge is 0.224 e. The van der Waals surface area contributed by atoms with E-state index in [9.17, 15) is 25.2 Å². The van der Waals surface area contributed by atoms with Crippen molar-refractivity contribution in [3.05, 3.63) is 52.5 Å². The third kappa shape index (κ3) is 2.57. The number of aromatic hydroxyl groups is 2. The Bertz CT molecular complexity index is 847. The minimum absolute atomic E-state index is 0.0348. The van der Waals surface area contributed by atoms with E-state index in [1.54, 1.807) is 6.92 Å². The zero-order chi connectivity index (χ0) is 18.4. The van der Waals surface area contributed by atoms with E-state index in [2.05, 4.69) is 0 Å². The topological polar surface area (TPSA) is 127 Å². The van der Waals surface area contributed by atoms with Crippen LogP contribution in [0, 0.1) is 0 Å². The van der Waals surface area contributed by atoms with Crippen LogP contribution in [-0.2, 0) is 16.0 Å². The van der Waals surface area contributed by atoms with E-state index in [-0.39, 0.29) is 36.9 Å². The van der Waals surface area contributed by atoms with Crippen LogP contribution in [0.5, 0.6) is 11.5 Å². The molecule has 2 aliphatic carbocycles. The number of carbonyl (C=O) groups excluding carboxylic acids is 1. The molecular weight excluding hydrogens is 328 g/mol. The highest BCUT2D eigenvalue weighted by Gasteiger charge is 2.47. The summed E-state index contributed by atoms with van der Waals surface area (Å²) in [6.07, 6.45) is 2.90. The summed E-state index contributed by atoms with van der Waals surface area (Å²) in [6.45, 7) is 1.81. The quantitative estimate of drug-likeness (QED) is 0.445. The lowest BCUT2D eigenvalue weighted by atomic mass is 9.85. The maximum atomic E-state index is 11.5. The minimum Gasteiger partial charge on any atom is -0.504 e. The third-order valence-electron chi connectivity index (χ3n) is 4.24. The normalized spacial score (nSPS) is 23.4. The molecule has 7 heteroatoms. The van der Waals surface area contributed by atoms with Crippen molar-refractivity contribution in [1.82, 2.24) is 0 Å². The van der Waals surface area contributed by atoms with E-state index >= 15 is 0 Å². The van der Waals surface area contributed by atoms with E-state index in [1.807, 2.05) is 0 Å². The van der Waals surface area contributed by atoms with E-state index in [1.165, 1.54) is 24.3 Å². The van der Waals surface area contributed by atoms with E-state index in [0.717, 1.165) is 0 Å². The molecule has 0 aromatic heterocycles. The number of ether oxygens (including phenoxy) is 1. The van der Waals surface area contributed by atoms with Crippen LogP contribution in [0.3, 0.4) is 0 Å². The van der Waals surface area contributed by atoms with Gasteiger partial charge in [-0.15, -0.1) is 0 Å². The number of hydrogen-bond donors (Lipinski definition) is 5. The number of benzene rings is 1. The monoisotopic (exact) mass is 346 g/mol. The molecule has 1 unspecified atom stereocenters. The molecule has 4 rings (SSSR count). The number of aliphatic hydroxyl groups is 3. The van der Waals surface area contributed by atoms with Crippen molar-refractivity contribution in [3.8, 4) is 11.5 Å². The van der Waals surface area contributed by atoms with Crippen LogP contribution in [0.2, 0.25) is 0 Å².